The molecule has 1 aliphatic rings. The molecular formula is C18H22N6O. The molecule has 3 aromatic heterocycles. The van der Waals surface area contributed by atoms with E-state index in [1.807, 2.05) is 35.0 Å². The molecule has 130 valence electrons. The second-order valence-corrected chi connectivity index (χ2v) is 6.55. The molecule has 7 heteroatoms. The lowest BCUT2D eigenvalue weighted by atomic mass is 10.2. The predicted molar refractivity (Wildman–Crippen MR) is 96.5 cm³/mol. The largest absolute Gasteiger partial charge is 0.393 e. The highest BCUT2D eigenvalue weighted by atomic mass is 16.3. The lowest BCUT2D eigenvalue weighted by molar-refractivity contribution is 0.194. The van der Waals surface area contributed by atoms with Crippen LogP contribution in [-0.2, 0) is 6.42 Å². The SMILES string of the molecule is CC(O)Cc1cn2c(-c3cccc(N[C@@H]4CCNC4)n3)cnc2cn1. The van der Waals surface area contributed by atoms with Crippen LogP contribution in [0.2, 0.25) is 0 Å². The van der Waals surface area contributed by atoms with Gasteiger partial charge in [0.25, 0.3) is 0 Å². The number of nitrogens with one attached hydrogen (secondary N) is 2. The van der Waals surface area contributed by atoms with Gasteiger partial charge in [-0.25, -0.2) is 9.97 Å². The molecule has 3 aromatic rings. The maximum absolute atomic E-state index is 9.60. The molecule has 1 aliphatic heterocycles. The molecule has 3 N–H and O–H groups in total. The Morgan fingerprint density at radius 2 is 2.28 bits per heavy atom. The molecule has 0 amide bonds. The van der Waals surface area contributed by atoms with Gasteiger partial charge in [0.15, 0.2) is 5.65 Å². The number of hydrogen-bond acceptors (Lipinski definition) is 6. The molecule has 0 aliphatic carbocycles. The summed E-state index contributed by atoms with van der Waals surface area (Å²) in [4.78, 5) is 13.5. The summed E-state index contributed by atoms with van der Waals surface area (Å²) in [6.45, 7) is 3.77. The molecule has 7 nitrogen and oxygen atoms in total. The number of hydrogen-bond donors (Lipinski definition) is 3. The van der Waals surface area contributed by atoms with Gasteiger partial charge in [-0.1, -0.05) is 6.07 Å². The summed E-state index contributed by atoms with van der Waals surface area (Å²) < 4.78 is 1.98. The van der Waals surface area contributed by atoms with Crippen molar-refractivity contribution in [3.63, 3.8) is 0 Å². The van der Waals surface area contributed by atoms with Crippen LogP contribution >= 0.6 is 0 Å². The summed E-state index contributed by atoms with van der Waals surface area (Å²) in [6, 6.07) is 6.40. The number of aliphatic hydroxyl groups is 1. The topological polar surface area (TPSA) is 87.4 Å². The smallest absolute Gasteiger partial charge is 0.155 e. The van der Waals surface area contributed by atoms with Crippen molar-refractivity contribution < 1.29 is 5.11 Å². The van der Waals surface area contributed by atoms with Crippen molar-refractivity contribution in [2.75, 3.05) is 18.4 Å². The fourth-order valence-corrected chi connectivity index (χ4v) is 3.17. The van der Waals surface area contributed by atoms with Gasteiger partial charge in [0.1, 0.15) is 5.82 Å². The maximum atomic E-state index is 9.60. The van der Waals surface area contributed by atoms with E-state index in [1.54, 1.807) is 13.1 Å². The van der Waals surface area contributed by atoms with E-state index in [1.165, 1.54) is 0 Å². The van der Waals surface area contributed by atoms with Gasteiger partial charge in [-0.2, -0.15) is 0 Å². The molecule has 1 fully saturated rings. The van der Waals surface area contributed by atoms with Crippen LogP contribution in [0.5, 0.6) is 0 Å². The summed E-state index contributed by atoms with van der Waals surface area (Å²) in [6.07, 6.45) is 6.66. The normalized spacial score (nSPS) is 18.6. The third kappa shape index (κ3) is 3.47. The molecule has 1 unspecified atom stereocenters. The number of fused-ring (bicyclic) bond motifs is 1. The minimum absolute atomic E-state index is 0.423. The summed E-state index contributed by atoms with van der Waals surface area (Å²) in [5.41, 5.74) is 3.37. The Hall–Kier alpha value is -2.51. The number of anilines is 1. The quantitative estimate of drug-likeness (QED) is 0.653. The van der Waals surface area contributed by atoms with Gasteiger partial charge < -0.3 is 15.7 Å². The Bertz CT molecular complexity index is 869. The Labute approximate surface area is 146 Å². The first-order valence-electron chi connectivity index (χ1n) is 8.64. The summed E-state index contributed by atoms with van der Waals surface area (Å²) in [5.74, 6) is 0.874. The van der Waals surface area contributed by atoms with E-state index in [9.17, 15) is 5.11 Å². The van der Waals surface area contributed by atoms with Crippen LogP contribution in [0.25, 0.3) is 17.0 Å². The third-order valence-corrected chi connectivity index (χ3v) is 4.38. The fourth-order valence-electron chi connectivity index (χ4n) is 3.17. The van der Waals surface area contributed by atoms with Crippen molar-refractivity contribution >= 4 is 11.5 Å². The number of imidazole rings is 1. The number of nitrogens with zero attached hydrogens (tertiary/aromatic N) is 4. The van der Waals surface area contributed by atoms with E-state index in [2.05, 4.69) is 20.6 Å². The first-order chi connectivity index (χ1) is 12.2. The van der Waals surface area contributed by atoms with Crippen molar-refractivity contribution in [3.05, 3.63) is 42.5 Å². The number of aliphatic hydroxyl groups excluding tert-OH is 1. The highest BCUT2D eigenvalue weighted by molar-refractivity contribution is 5.61. The van der Waals surface area contributed by atoms with Crippen LogP contribution in [0.15, 0.2) is 36.8 Å². The molecule has 4 heterocycles. The van der Waals surface area contributed by atoms with E-state index in [-0.39, 0.29) is 0 Å². The van der Waals surface area contributed by atoms with Gasteiger partial charge in [0, 0.05) is 25.2 Å². The zero-order valence-corrected chi connectivity index (χ0v) is 14.2. The van der Waals surface area contributed by atoms with E-state index in [0.29, 0.717) is 12.5 Å². The third-order valence-electron chi connectivity index (χ3n) is 4.38. The van der Waals surface area contributed by atoms with Gasteiger partial charge in [0.2, 0.25) is 0 Å². The van der Waals surface area contributed by atoms with Gasteiger partial charge in [0.05, 0.1) is 35.6 Å². The van der Waals surface area contributed by atoms with E-state index < -0.39 is 6.10 Å². The highest BCUT2D eigenvalue weighted by Gasteiger charge is 2.15. The summed E-state index contributed by atoms with van der Waals surface area (Å²) >= 11 is 0. The van der Waals surface area contributed by atoms with Crippen LogP contribution in [0, 0.1) is 0 Å². The second kappa shape index (κ2) is 6.78. The fraction of sp³-hybridized carbons (Fsp3) is 0.389. The van der Waals surface area contributed by atoms with Crippen molar-refractivity contribution in [1.29, 1.82) is 0 Å². The zero-order valence-electron chi connectivity index (χ0n) is 14.2. The average molecular weight is 338 g/mol. The Morgan fingerprint density at radius 1 is 1.36 bits per heavy atom. The predicted octanol–water partition coefficient (Wildman–Crippen LogP) is 1.49. The zero-order chi connectivity index (χ0) is 17.2. The van der Waals surface area contributed by atoms with Gasteiger partial charge >= 0.3 is 0 Å². The maximum Gasteiger partial charge on any atom is 0.155 e. The van der Waals surface area contributed by atoms with Crippen molar-refractivity contribution in [2.45, 2.75) is 31.9 Å². The van der Waals surface area contributed by atoms with Crippen LogP contribution in [0.4, 0.5) is 5.82 Å². The van der Waals surface area contributed by atoms with Crippen LogP contribution < -0.4 is 10.6 Å². The van der Waals surface area contributed by atoms with E-state index in [4.69, 9.17) is 4.98 Å². The van der Waals surface area contributed by atoms with Crippen molar-refractivity contribution in [1.82, 2.24) is 24.7 Å². The lowest BCUT2D eigenvalue weighted by Crippen LogP contribution is -2.22. The van der Waals surface area contributed by atoms with Crippen molar-refractivity contribution in [2.24, 2.45) is 0 Å². The lowest BCUT2D eigenvalue weighted by Gasteiger charge is -2.13. The van der Waals surface area contributed by atoms with Crippen LogP contribution in [-0.4, -0.2) is 49.7 Å². The molecule has 0 radical (unpaired) electrons. The van der Waals surface area contributed by atoms with E-state index in [0.717, 1.165) is 48.1 Å². The molecule has 0 saturated carbocycles. The number of rotatable bonds is 5. The Morgan fingerprint density at radius 3 is 3.08 bits per heavy atom. The number of aromatic nitrogens is 4. The highest BCUT2D eigenvalue weighted by Crippen LogP contribution is 2.21. The molecule has 0 spiro atoms. The van der Waals surface area contributed by atoms with Crippen LogP contribution in [0.1, 0.15) is 19.0 Å². The minimum atomic E-state index is -0.428. The second-order valence-electron chi connectivity index (χ2n) is 6.55. The Kier molecular flexibility index (Phi) is 4.33. The molecule has 2 atom stereocenters. The molecule has 4 rings (SSSR count). The van der Waals surface area contributed by atoms with Crippen molar-refractivity contribution in [3.8, 4) is 11.4 Å². The molecular weight excluding hydrogens is 316 g/mol. The summed E-state index contributed by atoms with van der Waals surface area (Å²) in [7, 11) is 0. The molecule has 1 saturated heterocycles. The van der Waals surface area contributed by atoms with Gasteiger partial charge in [-0.15, -0.1) is 0 Å². The standard InChI is InChI=1S/C18H22N6O/c1-12(25)7-14-11-24-16(9-21-18(24)10-20-14)15-3-2-4-17(23-15)22-13-5-6-19-8-13/h2-4,9-13,19,25H,5-8H2,1H3,(H,22,23)/t12?,13-/m1/s1. The first-order valence-corrected chi connectivity index (χ1v) is 8.64. The molecule has 25 heavy (non-hydrogen) atoms. The summed E-state index contributed by atoms with van der Waals surface area (Å²) in [5, 5.41) is 16.4. The van der Waals surface area contributed by atoms with Crippen LogP contribution in [0.3, 0.4) is 0 Å². The monoisotopic (exact) mass is 338 g/mol. The van der Waals surface area contributed by atoms with Gasteiger partial charge in [-0.3, -0.25) is 9.38 Å². The molecule has 0 aromatic carbocycles. The molecule has 0 bridgehead atoms. The average Bonchev–Trinajstić information content (AvgIpc) is 3.24. The minimum Gasteiger partial charge on any atom is -0.393 e. The van der Waals surface area contributed by atoms with Gasteiger partial charge in [-0.05, 0) is 32.0 Å². The first kappa shape index (κ1) is 16.0. The Balaban J connectivity index is 1.66. The number of pyridine rings is 1. The van der Waals surface area contributed by atoms with E-state index >= 15 is 0 Å².